The number of amides is 1. The molecular weight excluding hydrogens is 353 g/mol. The van der Waals surface area contributed by atoms with Crippen LogP contribution in [0.25, 0.3) is 0 Å². The monoisotopic (exact) mass is 377 g/mol. The van der Waals surface area contributed by atoms with Crippen LogP contribution < -0.4 is 10.1 Å². The van der Waals surface area contributed by atoms with Crippen molar-refractivity contribution >= 4 is 5.91 Å². The van der Waals surface area contributed by atoms with Crippen LogP contribution in [-0.4, -0.2) is 12.0 Å². The number of halogens is 1. The summed E-state index contributed by atoms with van der Waals surface area (Å²) in [6.07, 6.45) is -0.168. The number of carbonyl (C=O) groups is 1. The van der Waals surface area contributed by atoms with Crippen LogP contribution in [0.5, 0.6) is 5.75 Å². The third-order valence-electron chi connectivity index (χ3n) is 4.67. The lowest BCUT2D eigenvalue weighted by molar-refractivity contribution is -0.128. The van der Waals surface area contributed by atoms with Gasteiger partial charge in [-0.05, 0) is 54.3 Å². The predicted molar refractivity (Wildman–Crippen MR) is 109 cm³/mol. The molecule has 0 bridgehead atoms. The molecule has 0 aromatic heterocycles. The van der Waals surface area contributed by atoms with Gasteiger partial charge in [0, 0.05) is 0 Å². The zero-order chi connectivity index (χ0) is 19.9. The Kier molecular flexibility index (Phi) is 6.43. The maximum absolute atomic E-state index is 13.1. The van der Waals surface area contributed by atoms with E-state index in [4.69, 9.17) is 4.74 Å². The SMILES string of the molecule is CC[C@H](Oc1ccc(F)cc1)C(=O)N[C@H](c1ccccc1)c1ccccc1C. The van der Waals surface area contributed by atoms with Crippen molar-refractivity contribution in [2.45, 2.75) is 32.4 Å². The first kappa shape index (κ1) is 19.6. The van der Waals surface area contributed by atoms with E-state index in [9.17, 15) is 9.18 Å². The standard InChI is InChI=1S/C24H24FNO2/c1-3-22(28-20-15-13-19(25)14-16-20)24(27)26-23(18-10-5-4-6-11-18)21-12-8-7-9-17(21)2/h4-16,22-23H,3H2,1-2H3,(H,26,27)/t22-,23+/m0/s1. The van der Waals surface area contributed by atoms with Gasteiger partial charge in [0.2, 0.25) is 0 Å². The molecule has 0 aliphatic heterocycles. The summed E-state index contributed by atoms with van der Waals surface area (Å²) in [7, 11) is 0. The summed E-state index contributed by atoms with van der Waals surface area (Å²) in [6, 6.07) is 23.3. The molecule has 0 saturated carbocycles. The zero-order valence-electron chi connectivity index (χ0n) is 16.1. The van der Waals surface area contributed by atoms with Gasteiger partial charge in [0.25, 0.3) is 5.91 Å². The molecule has 0 saturated heterocycles. The van der Waals surface area contributed by atoms with E-state index >= 15 is 0 Å². The van der Waals surface area contributed by atoms with Gasteiger partial charge in [-0.3, -0.25) is 4.79 Å². The molecule has 0 aliphatic rings. The van der Waals surface area contributed by atoms with E-state index in [2.05, 4.69) is 5.32 Å². The van der Waals surface area contributed by atoms with Crippen molar-refractivity contribution in [2.24, 2.45) is 0 Å². The molecule has 0 fully saturated rings. The molecule has 1 amide bonds. The highest BCUT2D eigenvalue weighted by molar-refractivity contribution is 5.82. The molecule has 0 heterocycles. The number of rotatable bonds is 7. The Morgan fingerprint density at radius 1 is 0.964 bits per heavy atom. The van der Waals surface area contributed by atoms with E-state index in [1.165, 1.54) is 24.3 Å². The summed E-state index contributed by atoms with van der Waals surface area (Å²) in [4.78, 5) is 13.0. The maximum atomic E-state index is 13.1. The first-order chi connectivity index (χ1) is 13.6. The lowest BCUT2D eigenvalue weighted by Crippen LogP contribution is -2.40. The molecule has 3 aromatic carbocycles. The molecule has 0 aliphatic carbocycles. The highest BCUT2D eigenvalue weighted by Gasteiger charge is 2.24. The summed E-state index contributed by atoms with van der Waals surface area (Å²) in [5.41, 5.74) is 3.14. The molecule has 3 aromatic rings. The van der Waals surface area contributed by atoms with E-state index in [1.807, 2.05) is 68.4 Å². The minimum absolute atomic E-state index is 0.205. The van der Waals surface area contributed by atoms with Crippen molar-refractivity contribution in [3.8, 4) is 5.75 Å². The molecule has 0 radical (unpaired) electrons. The Hall–Kier alpha value is -3.14. The molecule has 144 valence electrons. The van der Waals surface area contributed by atoms with Crippen LogP contribution in [-0.2, 0) is 4.79 Å². The van der Waals surface area contributed by atoms with E-state index in [0.717, 1.165) is 16.7 Å². The molecule has 2 atom stereocenters. The minimum Gasteiger partial charge on any atom is -0.481 e. The molecular formula is C24H24FNO2. The second kappa shape index (κ2) is 9.18. The van der Waals surface area contributed by atoms with Crippen LogP contribution in [0.1, 0.15) is 36.1 Å². The molecule has 0 spiro atoms. The summed E-state index contributed by atoms with van der Waals surface area (Å²) < 4.78 is 18.9. The summed E-state index contributed by atoms with van der Waals surface area (Å²) >= 11 is 0. The van der Waals surface area contributed by atoms with Gasteiger partial charge in [0.15, 0.2) is 6.10 Å². The predicted octanol–water partition coefficient (Wildman–Crippen LogP) is 5.20. The second-order valence-corrected chi connectivity index (χ2v) is 6.68. The third kappa shape index (κ3) is 4.77. The van der Waals surface area contributed by atoms with Gasteiger partial charge in [-0.2, -0.15) is 0 Å². The molecule has 28 heavy (non-hydrogen) atoms. The fourth-order valence-corrected chi connectivity index (χ4v) is 3.13. The van der Waals surface area contributed by atoms with E-state index in [0.29, 0.717) is 12.2 Å². The summed E-state index contributed by atoms with van der Waals surface area (Å²) in [5, 5.41) is 3.14. The summed E-state index contributed by atoms with van der Waals surface area (Å²) in [6.45, 7) is 3.92. The Morgan fingerprint density at radius 2 is 1.61 bits per heavy atom. The van der Waals surface area contributed by atoms with Crippen molar-refractivity contribution in [3.63, 3.8) is 0 Å². The minimum atomic E-state index is -0.666. The number of benzene rings is 3. The number of hydrogen-bond acceptors (Lipinski definition) is 2. The maximum Gasteiger partial charge on any atom is 0.261 e. The van der Waals surface area contributed by atoms with Crippen LogP contribution in [0.3, 0.4) is 0 Å². The van der Waals surface area contributed by atoms with E-state index < -0.39 is 6.10 Å². The van der Waals surface area contributed by atoms with Gasteiger partial charge in [0.1, 0.15) is 11.6 Å². The van der Waals surface area contributed by atoms with E-state index in [1.54, 1.807) is 0 Å². The number of ether oxygens (including phenoxy) is 1. The number of aryl methyl sites for hydroxylation is 1. The van der Waals surface area contributed by atoms with Gasteiger partial charge in [-0.15, -0.1) is 0 Å². The number of hydrogen-bond donors (Lipinski definition) is 1. The van der Waals surface area contributed by atoms with Gasteiger partial charge in [-0.25, -0.2) is 4.39 Å². The smallest absolute Gasteiger partial charge is 0.261 e. The van der Waals surface area contributed by atoms with Crippen LogP contribution in [0.4, 0.5) is 4.39 Å². The average molecular weight is 377 g/mol. The Labute approximate surface area is 165 Å². The highest BCUT2D eigenvalue weighted by Crippen LogP contribution is 2.25. The van der Waals surface area contributed by atoms with Crippen LogP contribution in [0.2, 0.25) is 0 Å². The number of nitrogens with one attached hydrogen (secondary N) is 1. The lowest BCUT2D eigenvalue weighted by atomic mass is 9.94. The molecule has 3 rings (SSSR count). The first-order valence-corrected chi connectivity index (χ1v) is 9.41. The van der Waals surface area contributed by atoms with Crippen molar-refractivity contribution < 1.29 is 13.9 Å². The molecule has 1 N–H and O–H groups in total. The average Bonchev–Trinajstić information content (AvgIpc) is 2.72. The van der Waals surface area contributed by atoms with E-state index in [-0.39, 0.29) is 17.8 Å². The molecule has 4 heteroatoms. The Bertz CT molecular complexity index is 909. The van der Waals surface area contributed by atoms with Gasteiger partial charge < -0.3 is 10.1 Å². The fraction of sp³-hybridized carbons (Fsp3) is 0.208. The Balaban J connectivity index is 1.84. The zero-order valence-corrected chi connectivity index (χ0v) is 16.1. The van der Waals surface area contributed by atoms with Gasteiger partial charge in [-0.1, -0.05) is 61.5 Å². The lowest BCUT2D eigenvalue weighted by Gasteiger charge is -2.25. The van der Waals surface area contributed by atoms with Gasteiger partial charge >= 0.3 is 0 Å². The van der Waals surface area contributed by atoms with Crippen LogP contribution >= 0.6 is 0 Å². The van der Waals surface area contributed by atoms with Crippen molar-refractivity contribution in [2.75, 3.05) is 0 Å². The van der Waals surface area contributed by atoms with Crippen molar-refractivity contribution in [3.05, 3.63) is 101 Å². The third-order valence-corrected chi connectivity index (χ3v) is 4.67. The summed E-state index contributed by atoms with van der Waals surface area (Å²) in [5.74, 6) is -0.0759. The molecule has 0 unspecified atom stereocenters. The quantitative estimate of drug-likeness (QED) is 0.615. The van der Waals surface area contributed by atoms with Crippen LogP contribution in [0, 0.1) is 12.7 Å². The largest absolute Gasteiger partial charge is 0.481 e. The topological polar surface area (TPSA) is 38.3 Å². The van der Waals surface area contributed by atoms with Crippen LogP contribution in [0.15, 0.2) is 78.9 Å². The Morgan fingerprint density at radius 3 is 2.25 bits per heavy atom. The first-order valence-electron chi connectivity index (χ1n) is 9.41. The highest BCUT2D eigenvalue weighted by atomic mass is 19.1. The number of carbonyl (C=O) groups excluding carboxylic acids is 1. The van der Waals surface area contributed by atoms with Gasteiger partial charge in [0.05, 0.1) is 6.04 Å². The molecule has 3 nitrogen and oxygen atoms in total. The second-order valence-electron chi connectivity index (χ2n) is 6.68. The normalized spacial score (nSPS) is 12.8. The van der Waals surface area contributed by atoms with Crippen molar-refractivity contribution in [1.82, 2.24) is 5.32 Å². The fourth-order valence-electron chi connectivity index (χ4n) is 3.13. The van der Waals surface area contributed by atoms with Crippen molar-refractivity contribution in [1.29, 1.82) is 0 Å².